The van der Waals surface area contributed by atoms with Gasteiger partial charge in [-0.25, -0.2) is 9.78 Å². The summed E-state index contributed by atoms with van der Waals surface area (Å²) in [5.74, 6) is 2.66. The van der Waals surface area contributed by atoms with Crippen molar-refractivity contribution < 1.29 is 43.1 Å². The second-order valence-electron chi connectivity index (χ2n) is 13.9. The first-order valence-corrected chi connectivity index (χ1v) is 18.8. The van der Waals surface area contributed by atoms with Crippen LogP contribution < -0.4 is 45.9 Å². The molecule has 0 spiro atoms. The molecule has 1 heterocycles. The topological polar surface area (TPSA) is 197 Å². The molecule has 1 aromatic heterocycles. The average Bonchev–Trinajstić information content (AvgIpc) is 3.21. The maximum Gasteiger partial charge on any atom is 0.323 e. The molecule has 0 fully saturated rings. The van der Waals surface area contributed by atoms with Crippen LogP contribution in [0.5, 0.6) is 28.7 Å². The molecule has 4 aromatic carbocycles. The summed E-state index contributed by atoms with van der Waals surface area (Å²) < 4.78 is 34.1. The number of amides is 3. The van der Waals surface area contributed by atoms with Gasteiger partial charge in [0.1, 0.15) is 35.4 Å². The SMILES string of the molecule is COc1cc(Nc2cc(Oc3ccc(NC(=O)Nc4cc(C(C)(C)C)cc(C(=O)NCCN)c4OC)c4ccccc34)ccn2)cc(OCCOCCOCCO)c1. The highest BCUT2D eigenvalue weighted by atomic mass is 16.5. The standard InChI is InChI=1S/C43H52N6O9/c1-43(2,3)28-22-35(41(51)46-15-13-44)40(54-5)37(23-28)49-42(52)48-36-10-11-38(34-9-7-6-8-33(34)36)58-30-12-14-45-39(27-30)47-29-24-31(53-4)26-32(25-29)57-21-20-56-19-18-55-17-16-50/h6-12,14,22-27,50H,13,15-21,44H2,1-5H3,(H,45,47)(H,46,51)(H2,48,49,52). The van der Waals surface area contributed by atoms with Crippen molar-refractivity contribution in [3.63, 3.8) is 0 Å². The van der Waals surface area contributed by atoms with Gasteiger partial charge in [0.15, 0.2) is 5.75 Å². The number of aromatic nitrogens is 1. The van der Waals surface area contributed by atoms with Gasteiger partial charge in [0.05, 0.1) is 64.2 Å². The fourth-order valence-electron chi connectivity index (χ4n) is 5.84. The van der Waals surface area contributed by atoms with E-state index in [0.717, 1.165) is 16.3 Å². The van der Waals surface area contributed by atoms with Crippen molar-refractivity contribution in [1.82, 2.24) is 10.3 Å². The largest absolute Gasteiger partial charge is 0.497 e. The number of fused-ring (bicyclic) bond motifs is 1. The van der Waals surface area contributed by atoms with E-state index in [1.165, 1.54) is 7.11 Å². The number of nitrogens with two attached hydrogens (primary N) is 1. The zero-order valence-electron chi connectivity index (χ0n) is 33.5. The Bertz CT molecular complexity index is 2160. The number of hydrogen-bond donors (Lipinski definition) is 6. The summed E-state index contributed by atoms with van der Waals surface area (Å²) in [7, 11) is 3.03. The summed E-state index contributed by atoms with van der Waals surface area (Å²) in [4.78, 5) is 31.1. The van der Waals surface area contributed by atoms with E-state index in [-0.39, 0.29) is 42.4 Å². The zero-order valence-corrected chi connectivity index (χ0v) is 33.5. The third-order valence-electron chi connectivity index (χ3n) is 8.67. The number of nitrogens with one attached hydrogen (secondary N) is 4. The van der Waals surface area contributed by atoms with E-state index >= 15 is 0 Å². The first-order chi connectivity index (χ1) is 28.0. The molecule has 0 aliphatic rings. The van der Waals surface area contributed by atoms with Crippen LogP contribution >= 0.6 is 0 Å². The van der Waals surface area contributed by atoms with Gasteiger partial charge in [0.25, 0.3) is 5.91 Å². The first kappa shape index (κ1) is 43.0. The lowest BCUT2D eigenvalue weighted by Gasteiger charge is -2.23. The highest BCUT2D eigenvalue weighted by Crippen LogP contribution is 2.38. The van der Waals surface area contributed by atoms with Gasteiger partial charge in [-0.15, -0.1) is 0 Å². The molecule has 308 valence electrons. The lowest BCUT2D eigenvalue weighted by atomic mass is 9.85. The minimum Gasteiger partial charge on any atom is -0.497 e. The summed E-state index contributed by atoms with van der Waals surface area (Å²) in [5, 5.41) is 22.2. The molecule has 5 aromatic rings. The molecule has 15 heteroatoms. The summed E-state index contributed by atoms with van der Waals surface area (Å²) >= 11 is 0. The third-order valence-corrected chi connectivity index (χ3v) is 8.67. The van der Waals surface area contributed by atoms with Crippen molar-refractivity contribution in [1.29, 1.82) is 0 Å². The molecule has 3 amide bonds. The van der Waals surface area contributed by atoms with Gasteiger partial charge in [0, 0.05) is 60.0 Å². The fraction of sp³-hybridized carbons (Fsp3) is 0.326. The maximum atomic E-state index is 13.6. The molecule has 0 unspecified atom stereocenters. The van der Waals surface area contributed by atoms with Gasteiger partial charge in [-0.3, -0.25) is 4.79 Å². The molecule has 0 atom stereocenters. The van der Waals surface area contributed by atoms with E-state index in [1.54, 1.807) is 49.7 Å². The predicted molar refractivity (Wildman–Crippen MR) is 224 cm³/mol. The maximum absolute atomic E-state index is 13.6. The minimum atomic E-state index is -0.527. The fourth-order valence-corrected chi connectivity index (χ4v) is 5.84. The van der Waals surface area contributed by atoms with Crippen LogP contribution in [0.3, 0.4) is 0 Å². The summed E-state index contributed by atoms with van der Waals surface area (Å²) in [6.07, 6.45) is 1.63. The molecule has 7 N–H and O–H groups in total. The molecule has 0 radical (unpaired) electrons. The highest BCUT2D eigenvalue weighted by Gasteiger charge is 2.24. The number of methoxy groups -OCH3 is 2. The van der Waals surface area contributed by atoms with Crippen LogP contribution in [0.1, 0.15) is 36.7 Å². The van der Waals surface area contributed by atoms with Crippen LogP contribution in [0.4, 0.5) is 27.7 Å². The Hall–Kier alpha value is -6.13. The van der Waals surface area contributed by atoms with E-state index in [4.69, 9.17) is 39.3 Å². The van der Waals surface area contributed by atoms with E-state index in [0.29, 0.717) is 78.9 Å². The number of hydrogen-bond acceptors (Lipinski definition) is 12. The molecular formula is C43H52N6O9. The Morgan fingerprint density at radius 1 is 0.776 bits per heavy atom. The van der Waals surface area contributed by atoms with Gasteiger partial charge in [-0.1, -0.05) is 45.0 Å². The molecule has 0 aliphatic heterocycles. The number of pyridine rings is 1. The lowest BCUT2D eigenvalue weighted by molar-refractivity contribution is 0.0247. The Morgan fingerprint density at radius 2 is 1.50 bits per heavy atom. The summed E-state index contributed by atoms with van der Waals surface area (Å²) in [6.45, 7) is 8.37. The van der Waals surface area contributed by atoms with Gasteiger partial charge >= 0.3 is 6.03 Å². The molecule has 15 nitrogen and oxygen atoms in total. The number of rotatable bonds is 20. The molecule has 0 saturated carbocycles. The lowest BCUT2D eigenvalue weighted by Crippen LogP contribution is -2.30. The Balaban J connectivity index is 1.29. The molecule has 5 rings (SSSR count). The number of benzene rings is 4. The highest BCUT2D eigenvalue weighted by molar-refractivity contribution is 6.09. The summed E-state index contributed by atoms with van der Waals surface area (Å²) in [5.41, 5.74) is 7.98. The molecular weight excluding hydrogens is 745 g/mol. The normalized spacial score (nSPS) is 11.2. The molecule has 58 heavy (non-hydrogen) atoms. The van der Waals surface area contributed by atoms with Crippen LogP contribution in [-0.2, 0) is 14.9 Å². The van der Waals surface area contributed by atoms with Crippen molar-refractivity contribution in [2.75, 3.05) is 82.9 Å². The Morgan fingerprint density at radius 3 is 2.22 bits per heavy atom. The first-order valence-electron chi connectivity index (χ1n) is 18.8. The Kier molecular flexibility index (Phi) is 15.5. The van der Waals surface area contributed by atoms with Crippen molar-refractivity contribution in [3.8, 4) is 28.7 Å². The Labute approximate surface area is 338 Å². The van der Waals surface area contributed by atoms with Gasteiger partial charge in [0.2, 0.25) is 0 Å². The smallest absolute Gasteiger partial charge is 0.323 e. The van der Waals surface area contributed by atoms with Crippen LogP contribution in [0.25, 0.3) is 10.8 Å². The monoisotopic (exact) mass is 796 g/mol. The van der Waals surface area contributed by atoms with Crippen LogP contribution in [0.15, 0.2) is 85.1 Å². The number of aliphatic hydroxyl groups excluding tert-OH is 1. The van der Waals surface area contributed by atoms with E-state index in [2.05, 4.69) is 26.3 Å². The van der Waals surface area contributed by atoms with Crippen LogP contribution in [0.2, 0.25) is 0 Å². The average molecular weight is 797 g/mol. The summed E-state index contributed by atoms with van der Waals surface area (Å²) in [6, 6.07) is 23.1. The predicted octanol–water partition coefficient (Wildman–Crippen LogP) is 6.82. The van der Waals surface area contributed by atoms with Crippen molar-refractivity contribution in [2.45, 2.75) is 26.2 Å². The van der Waals surface area contributed by atoms with Crippen molar-refractivity contribution in [3.05, 3.63) is 96.2 Å². The van der Waals surface area contributed by atoms with Crippen LogP contribution in [0, 0.1) is 0 Å². The van der Waals surface area contributed by atoms with Gasteiger partial charge < -0.3 is 60.5 Å². The van der Waals surface area contributed by atoms with Gasteiger partial charge in [-0.2, -0.15) is 0 Å². The second-order valence-corrected chi connectivity index (χ2v) is 13.9. The van der Waals surface area contributed by atoms with Crippen molar-refractivity contribution in [2.24, 2.45) is 5.73 Å². The molecule has 0 bridgehead atoms. The number of anilines is 4. The molecule has 0 saturated heterocycles. The van der Waals surface area contributed by atoms with E-state index < -0.39 is 6.03 Å². The minimum absolute atomic E-state index is 0.0242. The zero-order chi connectivity index (χ0) is 41.5. The number of nitrogens with zero attached hydrogens (tertiary/aromatic N) is 1. The second kappa shape index (κ2) is 20.9. The number of carbonyl (C=O) groups excluding carboxylic acids is 2. The molecule has 0 aliphatic carbocycles. The van der Waals surface area contributed by atoms with Crippen molar-refractivity contribution >= 4 is 45.6 Å². The van der Waals surface area contributed by atoms with Crippen LogP contribution in [-0.4, -0.2) is 89.0 Å². The van der Waals surface area contributed by atoms with E-state index in [9.17, 15) is 9.59 Å². The number of urea groups is 1. The number of ether oxygens (including phenoxy) is 6. The number of carbonyl (C=O) groups is 2. The number of aliphatic hydroxyl groups is 1. The third kappa shape index (κ3) is 11.9. The quantitative estimate of drug-likeness (QED) is 0.0451. The van der Waals surface area contributed by atoms with E-state index in [1.807, 2.05) is 63.2 Å². The van der Waals surface area contributed by atoms with Gasteiger partial charge in [-0.05, 0) is 41.3 Å².